The molecule has 8 heteroatoms. The lowest BCUT2D eigenvalue weighted by Crippen LogP contribution is -2.40. The molecule has 0 radical (unpaired) electrons. The van der Waals surface area contributed by atoms with Gasteiger partial charge in [0.25, 0.3) is 11.8 Å². The Morgan fingerprint density at radius 2 is 2.06 bits per heavy atom. The summed E-state index contributed by atoms with van der Waals surface area (Å²) in [5.74, 6) is -0.169. The van der Waals surface area contributed by atoms with Crippen LogP contribution in [0.1, 0.15) is 41.3 Å². The minimum Gasteiger partial charge on any atom is -0.383 e. The van der Waals surface area contributed by atoms with Gasteiger partial charge in [0.1, 0.15) is 5.54 Å². The summed E-state index contributed by atoms with van der Waals surface area (Å²) in [4.78, 5) is 29.7. The molecular weight excluding hydrogens is 472 g/mol. The molecule has 2 fully saturated rings. The van der Waals surface area contributed by atoms with E-state index in [2.05, 4.69) is 21.2 Å². The van der Waals surface area contributed by atoms with E-state index in [0.717, 1.165) is 35.0 Å². The molecule has 2 aliphatic rings. The summed E-state index contributed by atoms with van der Waals surface area (Å²) in [6.45, 7) is 3.26. The molecule has 7 nitrogen and oxygen atoms in total. The lowest BCUT2D eigenvalue weighted by molar-refractivity contribution is -0.131. The van der Waals surface area contributed by atoms with E-state index in [4.69, 9.17) is 10.1 Å². The second-order valence-corrected chi connectivity index (χ2v) is 9.37. The van der Waals surface area contributed by atoms with E-state index in [1.54, 1.807) is 20.1 Å². The normalized spacial score (nSPS) is 23.0. The fourth-order valence-electron chi connectivity index (χ4n) is 4.50. The quantitative estimate of drug-likeness (QED) is 0.638. The zero-order chi connectivity index (χ0) is 22.9. The number of guanidine groups is 1. The van der Waals surface area contributed by atoms with Crippen LogP contribution < -0.4 is 5.32 Å². The summed E-state index contributed by atoms with van der Waals surface area (Å²) < 4.78 is 6.14. The molecule has 2 aromatic carbocycles. The molecule has 0 aliphatic carbocycles. The van der Waals surface area contributed by atoms with Crippen LogP contribution in [0.5, 0.6) is 0 Å². The van der Waals surface area contributed by atoms with Crippen molar-refractivity contribution in [2.24, 2.45) is 0 Å². The van der Waals surface area contributed by atoms with Crippen LogP contribution in [0.3, 0.4) is 0 Å². The largest absolute Gasteiger partial charge is 0.383 e. The van der Waals surface area contributed by atoms with E-state index in [1.165, 1.54) is 4.90 Å². The third-order valence-electron chi connectivity index (χ3n) is 6.22. The van der Waals surface area contributed by atoms with Crippen LogP contribution >= 0.6 is 15.9 Å². The van der Waals surface area contributed by atoms with Crippen LogP contribution in [0.25, 0.3) is 0 Å². The first-order valence-electron chi connectivity index (χ1n) is 10.7. The molecule has 0 saturated carbocycles. The van der Waals surface area contributed by atoms with Gasteiger partial charge in [-0.1, -0.05) is 40.2 Å². The van der Waals surface area contributed by atoms with E-state index >= 15 is 0 Å². The Kier molecular flexibility index (Phi) is 6.35. The smallest absolute Gasteiger partial charge is 0.259 e. The maximum atomic E-state index is 13.3. The third-order valence-corrected chi connectivity index (χ3v) is 6.72. The molecule has 2 aromatic rings. The Balaban J connectivity index is 1.53. The van der Waals surface area contributed by atoms with Gasteiger partial charge in [-0.3, -0.25) is 19.9 Å². The van der Waals surface area contributed by atoms with E-state index in [0.29, 0.717) is 12.2 Å². The maximum absolute atomic E-state index is 13.3. The molecule has 2 atom stereocenters. The first-order valence-corrected chi connectivity index (χ1v) is 11.5. The zero-order valence-corrected chi connectivity index (χ0v) is 19.8. The number of hydrogen-bond donors (Lipinski definition) is 2. The van der Waals surface area contributed by atoms with E-state index in [9.17, 15) is 9.59 Å². The van der Waals surface area contributed by atoms with Crippen LogP contribution in [0.2, 0.25) is 0 Å². The molecular formula is C24H27BrN4O3. The Bertz CT molecular complexity index is 1060. The molecule has 0 aromatic heterocycles. The molecule has 0 bridgehead atoms. The molecule has 1 unspecified atom stereocenters. The summed E-state index contributed by atoms with van der Waals surface area (Å²) in [7, 11) is 1.65. The van der Waals surface area contributed by atoms with Gasteiger partial charge in [-0.2, -0.15) is 0 Å². The molecule has 2 aliphatic heterocycles. The highest BCUT2D eigenvalue weighted by atomic mass is 79.9. The Hall–Kier alpha value is -2.71. The van der Waals surface area contributed by atoms with Gasteiger partial charge in [0, 0.05) is 23.7 Å². The zero-order valence-electron chi connectivity index (χ0n) is 18.2. The van der Waals surface area contributed by atoms with Crippen molar-refractivity contribution in [1.82, 2.24) is 15.1 Å². The monoisotopic (exact) mass is 498 g/mol. The SMILES string of the molecule is COC[C@H]1CCCN1C(=O)c1cccc(CN2C(=N)NC(C)(c3cccc(Br)c3)C2=O)c1. The van der Waals surface area contributed by atoms with Crippen LogP contribution in [-0.2, 0) is 21.6 Å². The number of hydrogen-bond acceptors (Lipinski definition) is 4. The molecule has 0 spiro atoms. The number of carbonyl (C=O) groups is 2. The van der Waals surface area contributed by atoms with Crippen molar-refractivity contribution < 1.29 is 14.3 Å². The van der Waals surface area contributed by atoms with Gasteiger partial charge in [0.2, 0.25) is 0 Å². The standard InChI is InChI=1S/C24H27BrN4O3/c1-24(18-8-4-9-19(25)13-18)22(31)29(23(26)27-24)14-16-6-3-7-17(12-16)21(30)28-11-5-10-20(28)15-32-2/h3-4,6-9,12-13,20H,5,10-11,14-15H2,1-2H3,(H2,26,27)/t20-,24?/m1/s1. The fourth-order valence-corrected chi connectivity index (χ4v) is 4.89. The number of amides is 2. The molecule has 2 saturated heterocycles. The molecule has 32 heavy (non-hydrogen) atoms. The summed E-state index contributed by atoms with van der Waals surface area (Å²) >= 11 is 3.45. The number of halogens is 1. The first kappa shape index (κ1) is 22.5. The lowest BCUT2D eigenvalue weighted by atomic mass is 9.92. The van der Waals surface area contributed by atoms with Crippen molar-refractivity contribution in [3.8, 4) is 0 Å². The minimum absolute atomic E-state index is 0.0219. The van der Waals surface area contributed by atoms with E-state index in [-0.39, 0.29) is 30.4 Å². The second-order valence-electron chi connectivity index (χ2n) is 8.45. The van der Waals surface area contributed by atoms with Crippen molar-refractivity contribution in [2.45, 2.75) is 37.9 Å². The third kappa shape index (κ3) is 4.17. The van der Waals surface area contributed by atoms with Crippen LogP contribution in [-0.4, -0.2) is 53.9 Å². The van der Waals surface area contributed by atoms with E-state index < -0.39 is 5.54 Å². The average Bonchev–Trinajstić information content (AvgIpc) is 3.32. The Morgan fingerprint density at radius 1 is 1.28 bits per heavy atom. The summed E-state index contributed by atoms with van der Waals surface area (Å²) in [5.41, 5.74) is 1.16. The van der Waals surface area contributed by atoms with E-state index in [1.807, 2.05) is 47.4 Å². The Labute approximate surface area is 196 Å². The van der Waals surface area contributed by atoms with Crippen molar-refractivity contribution in [3.05, 3.63) is 69.7 Å². The highest BCUT2D eigenvalue weighted by Gasteiger charge is 2.47. The van der Waals surface area contributed by atoms with Crippen molar-refractivity contribution in [2.75, 3.05) is 20.3 Å². The number of carbonyl (C=O) groups excluding carboxylic acids is 2. The first-order chi connectivity index (χ1) is 15.3. The second kappa shape index (κ2) is 9.03. The van der Waals surface area contributed by atoms with Crippen LogP contribution in [0, 0.1) is 5.41 Å². The predicted octanol–water partition coefficient (Wildman–Crippen LogP) is 3.48. The topological polar surface area (TPSA) is 85.7 Å². The number of ether oxygens (including phenoxy) is 1. The Morgan fingerprint density at radius 3 is 2.81 bits per heavy atom. The van der Waals surface area contributed by atoms with Gasteiger partial charge in [0.15, 0.2) is 5.96 Å². The summed E-state index contributed by atoms with van der Waals surface area (Å²) in [5, 5.41) is 11.4. The minimum atomic E-state index is -1.02. The average molecular weight is 499 g/mol. The van der Waals surface area contributed by atoms with Crippen molar-refractivity contribution >= 4 is 33.7 Å². The van der Waals surface area contributed by atoms with Gasteiger partial charge in [-0.25, -0.2) is 0 Å². The van der Waals surface area contributed by atoms with Gasteiger partial charge < -0.3 is 15.0 Å². The lowest BCUT2D eigenvalue weighted by Gasteiger charge is -2.24. The molecule has 168 valence electrons. The van der Waals surface area contributed by atoms with Crippen molar-refractivity contribution in [1.29, 1.82) is 5.41 Å². The van der Waals surface area contributed by atoms with Gasteiger partial charge in [0.05, 0.1) is 19.2 Å². The van der Waals surface area contributed by atoms with Gasteiger partial charge in [-0.05, 0) is 55.2 Å². The highest BCUT2D eigenvalue weighted by molar-refractivity contribution is 9.10. The fraction of sp³-hybridized carbons (Fsp3) is 0.375. The van der Waals surface area contributed by atoms with Crippen LogP contribution in [0.15, 0.2) is 53.0 Å². The molecule has 2 amide bonds. The summed E-state index contributed by atoms with van der Waals surface area (Å²) in [6.07, 6.45) is 1.91. The molecule has 4 rings (SSSR count). The molecule has 2 N–H and O–H groups in total. The van der Waals surface area contributed by atoms with Crippen molar-refractivity contribution in [3.63, 3.8) is 0 Å². The van der Waals surface area contributed by atoms with Gasteiger partial charge >= 0.3 is 0 Å². The number of nitrogens with one attached hydrogen (secondary N) is 2. The summed E-state index contributed by atoms with van der Waals surface area (Å²) in [6, 6.07) is 14.9. The van der Waals surface area contributed by atoms with Crippen LogP contribution in [0.4, 0.5) is 0 Å². The highest BCUT2D eigenvalue weighted by Crippen LogP contribution is 2.31. The van der Waals surface area contributed by atoms with Gasteiger partial charge in [-0.15, -0.1) is 0 Å². The predicted molar refractivity (Wildman–Crippen MR) is 125 cm³/mol. The number of likely N-dealkylation sites (tertiary alicyclic amines) is 1. The maximum Gasteiger partial charge on any atom is 0.259 e. The molecule has 2 heterocycles. The number of nitrogens with zero attached hydrogens (tertiary/aromatic N) is 2. The number of benzene rings is 2. The number of rotatable bonds is 6. The number of methoxy groups -OCH3 is 1.